The molecule has 1 aromatic carbocycles. The monoisotopic (exact) mass is 423 g/mol. The number of pyridine rings is 1. The number of hydrogen-bond acceptors (Lipinski definition) is 6. The van der Waals surface area contributed by atoms with Crippen LogP contribution in [0.5, 0.6) is 5.75 Å². The van der Waals surface area contributed by atoms with Crippen LogP contribution in [0.15, 0.2) is 54.9 Å². The quantitative estimate of drug-likeness (QED) is 0.673. The van der Waals surface area contributed by atoms with Crippen molar-refractivity contribution in [2.75, 3.05) is 13.1 Å². The molecule has 30 heavy (non-hydrogen) atoms. The fraction of sp³-hybridized carbons (Fsp3) is 0.348. The van der Waals surface area contributed by atoms with Gasteiger partial charge in [-0.15, -0.1) is 11.3 Å². The van der Waals surface area contributed by atoms with Gasteiger partial charge in [-0.05, 0) is 44.0 Å². The lowest BCUT2D eigenvalue weighted by molar-refractivity contribution is 0.0209. The summed E-state index contributed by atoms with van der Waals surface area (Å²) in [6.07, 6.45) is 5.02. The lowest BCUT2D eigenvalue weighted by Crippen LogP contribution is -2.33. The number of ether oxygens (including phenoxy) is 1. The average molecular weight is 424 g/mol. The van der Waals surface area contributed by atoms with Crippen LogP contribution in [0.2, 0.25) is 0 Å². The molecule has 156 valence electrons. The Hall–Kier alpha value is -2.77. The molecule has 1 saturated heterocycles. The molecule has 6 nitrogen and oxygen atoms in total. The van der Waals surface area contributed by atoms with Crippen LogP contribution in [0.4, 0.5) is 0 Å². The zero-order chi connectivity index (χ0) is 21.0. The Balaban J connectivity index is 1.44. The molecule has 2 aromatic heterocycles. The number of rotatable bonds is 5. The number of aliphatic hydroxyl groups is 1. The summed E-state index contributed by atoms with van der Waals surface area (Å²) in [7, 11) is 0. The van der Waals surface area contributed by atoms with Gasteiger partial charge in [-0.25, -0.2) is 4.98 Å². The maximum absolute atomic E-state index is 12.8. The summed E-state index contributed by atoms with van der Waals surface area (Å²) in [4.78, 5) is 24.2. The number of thiazole rings is 1. The minimum Gasteiger partial charge on any atom is -0.488 e. The van der Waals surface area contributed by atoms with Gasteiger partial charge >= 0.3 is 0 Å². The smallest absolute Gasteiger partial charge is 0.253 e. The Kier molecular flexibility index (Phi) is 6.11. The molecule has 0 radical (unpaired) electrons. The zero-order valence-corrected chi connectivity index (χ0v) is 17.8. The van der Waals surface area contributed by atoms with E-state index in [1.54, 1.807) is 24.5 Å². The third-order valence-corrected chi connectivity index (χ3v) is 6.76. The fourth-order valence-electron chi connectivity index (χ4n) is 3.64. The van der Waals surface area contributed by atoms with E-state index in [0.29, 0.717) is 43.1 Å². The Morgan fingerprint density at radius 1 is 1.17 bits per heavy atom. The number of carbonyl (C=O) groups excluding carboxylic acids is 1. The van der Waals surface area contributed by atoms with E-state index in [2.05, 4.69) is 9.97 Å². The van der Waals surface area contributed by atoms with Crippen LogP contribution >= 0.6 is 11.3 Å². The van der Waals surface area contributed by atoms with Crippen LogP contribution in [0.1, 0.15) is 45.2 Å². The molecule has 7 heteroatoms. The molecule has 0 saturated carbocycles. The van der Waals surface area contributed by atoms with Crippen molar-refractivity contribution >= 4 is 17.2 Å². The summed E-state index contributed by atoms with van der Waals surface area (Å²) in [5.41, 5.74) is 0.488. The van der Waals surface area contributed by atoms with Gasteiger partial charge in [0.15, 0.2) is 0 Å². The van der Waals surface area contributed by atoms with E-state index < -0.39 is 5.60 Å². The number of benzene rings is 1. The normalized spacial score (nSPS) is 19.3. The first-order valence-electron chi connectivity index (χ1n) is 10.1. The molecule has 1 atom stereocenters. The predicted molar refractivity (Wildman–Crippen MR) is 116 cm³/mol. The van der Waals surface area contributed by atoms with Crippen molar-refractivity contribution < 1.29 is 14.6 Å². The molecule has 1 N–H and O–H groups in total. The largest absolute Gasteiger partial charge is 0.488 e. The Bertz CT molecular complexity index is 993. The molecule has 1 fully saturated rings. The number of para-hydroxylation sites is 1. The number of hydrogen-bond donors (Lipinski definition) is 1. The molecule has 4 rings (SSSR count). The third-order valence-electron chi connectivity index (χ3n) is 5.43. The molecule has 0 aliphatic carbocycles. The first-order chi connectivity index (χ1) is 14.5. The number of amides is 1. The standard InChI is InChI=1S/C23H25N3O3S/c1-17-20(16-29-19-6-3-2-4-7-19)30-22(25-17)23(28)10-5-14-26(15-11-23)21(27)18-8-12-24-13-9-18/h2-4,6-9,12-13,28H,5,10-11,14-16H2,1H3. The lowest BCUT2D eigenvalue weighted by Gasteiger charge is -2.24. The van der Waals surface area contributed by atoms with E-state index in [0.717, 1.165) is 22.7 Å². The van der Waals surface area contributed by atoms with E-state index in [4.69, 9.17) is 4.74 Å². The minimum atomic E-state index is -1.02. The molecule has 1 aliphatic rings. The number of aromatic nitrogens is 2. The first-order valence-corrected chi connectivity index (χ1v) is 10.9. The van der Waals surface area contributed by atoms with Gasteiger partial charge in [-0.1, -0.05) is 18.2 Å². The van der Waals surface area contributed by atoms with Gasteiger partial charge in [0.1, 0.15) is 23.0 Å². The zero-order valence-electron chi connectivity index (χ0n) is 17.0. The van der Waals surface area contributed by atoms with Crippen LogP contribution in [-0.4, -0.2) is 39.0 Å². The van der Waals surface area contributed by atoms with Crippen molar-refractivity contribution in [1.82, 2.24) is 14.9 Å². The Labute approximate surface area is 180 Å². The van der Waals surface area contributed by atoms with Gasteiger partial charge in [0.25, 0.3) is 5.91 Å². The Morgan fingerprint density at radius 2 is 1.93 bits per heavy atom. The van der Waals surface area contributed by atoms with Crippen molar-refractivity contribution in [3.8, 4) is 5.75 Å². The van der Waals surface area contributed by atoms with Crippen molar-refractivity contribution in [3.05, 3.63) is 76.0 Å². The second-order valence-electron chi connectivity index (χ2n) is 7.54. The lowest BCUT2D eigenvalue weighted by atomic mass is 9.96. The summed E-state index contributed by atoms with van der Waals surface area (Å²) < 4.78 is 5.86. The highest BCUT2D eigenvalue weighted by Gasteiger charge is 2.36. The average Bonchev–Trinajstić information content (AvgIpc) is 3.04. The highest BCUT2D eigenvalue weighted by Crippen LogP contribution is 2.37. The predicted octanol–water partition coefficient (Wildman–Crippen LogP) is 3.94. The van der Waals surface area contributed by atoms with Crippen LogP contribution in [0, 0.1) is 6.92 Å². The second kappa shape index (κ2) is 8.93. The van der Waals surface area contributed by atoms with Crippen molar-refractivity contribution in [1.29, 1.82) is 0 Å². The number of nitrogens with zero attached hydrogens (tertiary/aromatic N) is 3. The molecule has 0 bridgehead atoms. The molecule has 1 amide bonds. The molecule has 3 heterocycles. The van der Waals surface area contributed by atoms with Crippen LogP contribution < -0.4 is 4.74 Å². The van der Waals surface area contributed by atoms with Gasteiger partial charge in [0.2, 0.25) is 0 Å². The van der Waals surface area contributed by atoms with E-state index in [1.807, 2.05) is 42.2 Å². The SMILES string of the molecule is Cc1nc(C2(O)CCCN(C(=O)c3ccncc3)CC2)sc1COc1ccccc1. The molecule has 0 spiro atoms. The van der Waals surface area contributed by atoms with Gasteiger partial charge in [0, 0.05) is 37.5 Å². The summed E-state index contributed by atoms with van der Waals surface area (Å²) in [5, 5.41) is 12.1. The molecular formula is C23H25N3O3S. The van der Waals surface area contributed by atoms with Gasteiger partial charge < -0.3 is 14.7 Å². The first kappa shape index (κ1) is 20.5. The summed E-state index contributed by atoms with van der Waals surface area (Å²) in [6, 6.07) is 13.1. The topological polar surface area (TPSA) is 75.6 Å². The van der Waals surface area contributed by atoms with Crippen molar-refractivity contribution in [2.45, 2.75) is 38.4 Å². The van der Waals surface area contributed by atoms with Crippen LogP contribution in [0.3, 0.4) is 0 Å². The summed E-state index contributed by atoms with van der Waals surface area (Å²) in [6.45, 7) is 3.49. The molecular weight excluding hydrogens is 398 g/mol. The van der Waals surface area contributed by atoms with Gasteiger partial charge in [-0.3, -0.25) is 9.78 Å². The van der Waals surface area contributed by atoms with E-state index in [9.17, 15) is 9.90 Å². The summed E-state index contributed by atoms with van der Waals surface area (Å²) >= 11 is 1.50. The van der Waals surface area contributed by atoms with Crippen molar-refractivity contribution in [3.63, 3.8) is 0 Å². The van der Waals surface area contributed by atoms with E-state index in [-0.39, 0.29) is 5.91 Å². The maximum atomic E-state index is 12.8. The van der Waals surface area contributed by atoms with Crippen LogP contribution in [-0.2, 0) is 12.2 Å². The van der Waals surface area contributed by atoms with Gasteiger partial charge in [0.05, 0.1) is 10.6 Å². The highest BCUT2D eigenvalue weighted by atomic mass is 32.1. The van der Waals surface area contributed by atoms with Crippen molar-refractivity contribution in [2.24, 2.45) is 0 Å². The van der Waals surface area contributed by atoms with Gasteiger partial charge in [-0.2, -0.15) is 0 Å². The number of carbonyl (C=O) groups is 1. The number of aryl methyl sites for hydroxylation is 1. The third kappa shape index (κ3) is 4.52. The minimum absolute atomic E-state index is 0.0195. The second-order valence-corrected chi connectivity index (χ2v) is 8.63. The molecule has 1 aliphatic heterocycles. The van der Waals surface area contributed by atoms with E-state index in [1.165, 1.54) is 11.3 Å². The highest BCUT2D eigenvalue weighted by molar-refractivity contribution is 7.11. The summed E-state index contributed by atoms with van der Waals surface area (Å²) in [5.74, 6) is 0.791. The number of likely N-dealkylation sites (tertiary alicyclic amines) is 1. The van der Waals surface area contributed by atoms with Crippen LogP contribution in [0.25, 0.3) is 0 Å². The maximum Gasteiger partial charge on any atom is 0.253 e. The fourth-order valence-corrected chi connectivity index (χ4v) is 4.76. The Morgan fingerprint density at radius 3 is 2.70 bits per heavy atom. The van der Waals surface area contributed by atoms with E-state index >= 15 is 0 Å². The molecule has 3 aromatic rings. The molecule has 1 unspecified atom stereocenters.